The molecule has 0 saturated carbocycles. The smallest absolute Gasteiger partial charge is 0.217 e. The summed E-state index contributed by atoms with van der Waals surface area (Å²) >= 11 is 0. The monoisotopic (exact) mass is 367 g/mol. The van der Waals surface area contributed by atoms with E-state index in [0.717, 1.165) is 0 Å². The van der Waals surface area contributed by atoms with Crippen LogP contribution in [0.25, 0.3) is 0 Å². The summed E-state index contributed by atoms with van der Waals surface area (Å²) in [7, 11) is 0. The minimum Gasteiger partial charge on any atom is -0.388 e. The van der Waals surface area contributed by atoms with Crippen LogP contribution in [0, 0.1) is 0 Å². The minimum absolute atomic E-state index is 0.390. The van der Waals surface area contributed by atoms with Crippen LogP contribution >= 0.6 is 0 Å². The van der Waals surface area contributed by atoms with Gasteiger partial charge in [0, 0.05) is 6.92 Å². The van der Waals surface area contributed by atoms with Crippen molar-refractivity contribution in [3.05, 3.63) is 0 Å². The Bertz CT molecular complexity index is 465. The number of aliphatic hydroxyl groups excluding tert-OH is 6. The van der Waals surface area contributed by atoms with Crippen molar-refractivity contribution in [2.45, 2.75) is 75.2 Å². The fourth-order valence-electron chi connectivity index (χ4n) is 2.82. The second kappa shape index (κ2) is 8.20. The van der Waals surface area contributed by atoms with Crippen LogP contribution in [-0.4, -0.2) is 105 Å². The lowest BCUT2D eigenvalue weighted by Crippen LogP contribution is -2.64. The molecule has 25 heavy (non-hydrogen) atoms. The molecule has 0 bridgehead atoms. The summed E-state index contributed by atoms with van der Waals surface area (Å²) in [6.45, 7) is 2.27. The van der Waals surface area contributed by atoms with Gasteiger partial charge in [0.2, 0.25) is 5.91 Å². The summed E-state index contributed by atoms with van der Waals surface area (Å²) in [4.78, 5) is 11.1. The SMILES string of the molecule is CC(=O)N[C@H]1C(O)[C@H](O)C(CO[C@@H]2O[C@@H](C)[C@@H](O)C(O)C2O)O[C@H]1O. The first kappa shape index (κ1) is 20.4. The van der Waals surface area contributed by atoms with Crippen LogP contribution in [0.2, 0.25) is 0 Å². The minimum atomic E-state index is -1.58. The molecule has 0 aromatic rings. The first-order valence-corrected chi connectivity index (χ1v) is 7.91. The van der Waals surface area contributed by atoms with Crippen LogP contribution in [0.1, 0.15) is 13.8 Å². The summed E-state index contributed by atoms with van der Waals surface area (Å²) in [5.41, 5.74) is 0. The molecule has 0 radical (unpaired) electrons. The van der Waals surface area contributed by atoms with Crippen LogP contribution in [0.5, 0.6) is 0 Å². The topological polar surface area (TPSA) is 178 Å². The molecule has 2 rings (SSSR count). The Morgan fingerprint density at radius 2 is 1.60 bits per heavy atom. The molecule has 146 valence electrons. The molecular weight excluding hydrogens is 342 g/mol. The number of ether oxygens (including phenoxy) is 3. The van der Waals surface area contributed by atoms with E-state index in [2.05, 4.69) is 5.32 Å². The lowest BCUT2D eigenvalue weighted by molar-refractivity contribution is -0.313. The van der Waals surface area contributed by atoms with Gasteiger partial charge in [-0.1, -0.05) is 0 Å². The van der Waals surface area contributed by atoms with Gasteiger partial charge in [-0.2, -0.15) is 0 Å². The maximum Gasteiger partial charge on any atom is 0.217 e. The number of hydrogen-bond acceptors (Lipinski definition) is 10. The number of rotatable bonds is 4. The molecule has 7 N–H and O–H groups in total. The Labute approximate surface area is 143 Å². The Balaban J connectivity index is 1.94. The maximum atomic E-state index is 11.1. The first-order chi connectivity index (χ1) is 11.6. The molecule has 0 spiro atoms. The zero-order chi connectivity index (χ0) is 18.9. The molecule has 2 saturated heterocycles. The highest BCUT2D eigenvalue weighted by molar-refractivity contribution is 5.73. The van der Waals surface area contributed by atoms with Crippen molar-refractivity contribution in [1.29, 1.82) is 0 Å². The van der Waals surface area contributed by atoms with Crippen LogP contribution in [0.15, 0.2) is 0 Å². The van der Waals surface area contributed by atoms with Gasteiger partial charge in [-0.05, 0) is 6.92 Å². The molecule has 11 heteroatoms. The zero-order valence-electron chi connectivity index (χ0n) is 13.8. The summed E-state index contributed by atoms with van der Waals surface area (Å²) in [5.74, 6) is -0.520. The van der Waals surface area contributed by atoms with E-state index in [1.165, 1.54) is 13.8 Å². The number of amides is 1. The lowest BCUT2D eigenvalue weighted by atomic mass is 9.97. The fourth-order valence-corrected chi connectivity index (χ4v) is 2.82. The molecule has 2 fully saturated rings. The molecule has 4 unspecified atom stereocenters. The number of nitrogens with one attached hydrogen (secondary N) is 1. The summed E-state index contributed by atoms with van der Waals surface area (Å²) in [6.07, 6.45) is -12.2. The molecule has 2 aliphatic rings. The molecule has 0 aromatic heterocycles. The summed E-state index contributed by atoms with van der Waals surface area (Å²) in [5, 5.41) is 61.4. The third kappa shape index (κ3) is 4.45. The highest BCUT2D eigenvalue weighted by Crippen LogP contribution is 2.24. The highest BCUT2D eigenvalue weighted by Gasteiger charge is 2.46. The van der Waals surface area contributed by atoms with Gasteiger partial charge in [-0.25, -0.2) is 0 Å². The Kier molecular flexibility index (Phi) is 6.70. The lowest BCUT2D eigenvalue weighted by Gasteiger charge is -2.42. The molecule has 0 aromatic carbocycles. The van der Waals surface area contributed by atoms with Gasteiger partial charge in [-0.15, -0.1) is 0 Å². The van der Waals surface area contributed by atoms with Crippen molar-refractivity contribution in [3.8, 4) is 0 Å². The Morgan fingerprint density at radius 1 is 0.960 bits per heavy atom. The standard InChI is InChI=1S/C14H25NO10/c1-4-8(17)11(20)12(21)14(24-4)23-3-6-9(18)10(19)7(13(22)25-6)15-5(2)16/h4,6-14,17-22H,3H2,1-2H3,(H,15,16)/t4-,6?,7-,8+,9+,10?,11?,12?,13+,14+/m0/s1. The van der Waals surface area contributed by atoms with E-state index in [0.29, 0.717) is 0 Å². The maximum absolute atomic E-state index is 11.1. The predicted octanol–water partition coefficient (Wildman–Crippen LogP) is -4.23. The van der Waals surface area contributed by atoms with Crippen LogP contribution in [-0.2, 0) is 19.0 Å². The van der Waals surface area contributed by atoms with Crippen molar-refractivity contribution in [2.24, 2.45) is 0 Å². The van der Waals surface area contributed by atoms with E-state index in [-0.39, 0.29) is 6.61 Å². The predicted molar refractivity (Wildman–Crippen MR) is 78.8 cm³/mol. The third-order valence-corrected chi connectivity index (χ3v) is 4.32. The fraction of sp³-hybridized carbons (Fsp3) is 0.929. The molecule has 10 atom stereocenters. The van der Waals surface area contributed by atoms with Gasteiger partial charge in [-0.3, -0.25) is 4.79 Å². The van der Waals surface area contributed by atoms with Gasteiger partial charge in [0.25, 0.3) is 0 Å². The van der Waals surface area contributed by atoms with E-state index < -0.39 is 67.3 Å². The van der Waals surface area contributed by atoms with Crippen molar-refractivity contribution >= 4 is 5.91 Å². The van der Waals surface area contributed by atoms with Crippen molar-refractivity contribution in [3.63, 3.8) is 0 Å². The van der Waals surface area contributed by atoms with E-state index >= 15 is 0 Å². The number of hydrogen-bond donors (Lipinski definition) is 7. The molecule has 2 heterocycles. The van der Waals surface area contributed by atoms with Crippen molar-refractivity contribution in [1.82, 2.24) is 5.32 Å². The van der Waals surface area contributed by atoms with Gasteiger partial charge in [0.05, 0.1) is 12.7 Å². The Morgan fingerprint density at radius 3 is 2.20 bits per heavy atom. The Hall–Kier alpha value is -0.890. The van der Waals surface area contributed by atoms with Crippen LogP contribution in [0.4, 0.5) is 0 Å². The number of carbonyl (C=O) groups excluding carboxylic acids is 1. The third-order valence-electron chi connectivity index (χ3n) is 4.32. The molecular formula is C14H25NO10. The molecule has 0 aliphatic carbocycles. The molecule has 1 amide bonds. The quantitative estimate of drug-likeness (QED) is 0.257. The van der Waals surface area contributed by atoms with E-state index in [4.69, 9.17) is 14.2 Å². The number of aliphatic hydroxyl groups is 6. The van der Waals surface area contributed by atoms with Gasteiger partial charge < -0.3 is 50.2 Å². The average molecular weight is 367 g/mol. The highest BCUT2D eigenvalue weighted by atomic mass is 16.7. The van der Waals surface area contributed by atoms with Crippen LogP contribution in [0.3, 0.4) is 0 Å². The van der Waals surface area contributed by atoms with E-state index in [9.17, 15) is 35.4 Å². The average Bonchev–Trinajstić information content (AvgIpc) is 2.55. The summed E-state index contributed by atoms with van der Waals surface area (Å²) < 4.78 is 15.6. The van der Waals surface area contributed by atoms with Crippen molar-refractivity contribution in [2.75, 3.05) is 6.61 Å². The van der Waals surface area contributed by atoms with Crippen LogP contribution < -0.4 is 5.32 Å². The number of carbonyl (C=O) groups is 1. The largest absolute Gasteiger partial charge is 0.388 e. The second-order valence-corrected chi connectivity index (χ2v) is 6.29. The molecule has 11 nitrogen and oxygen atoms in total. The zero-order valence-corrected chi connectivity index (χ0v) is 13.8. The van der Waals surface area contributed by atoms with E-state index in [1.54, 1.807) is 0 Å². The van der Waals surface area contributed by atoms with Crippen molar-refractivity contribution < 1.29 is 49.6 Å². The van der Waals surface area contributed by atoms with Gasteiger partial charge >= 0.3 is 0 Å². The summed E-state index contributed by atoms with van der Waals surface area (Å²) in [6, 6.07) is -1.21. The van der Waals surface area contributed by atoms with Gasteiger partial charge in [0.15, 0.2) is 12.6 Å². The second-order valence-electron chi connectivity index (χ2n) is 6.29. The van der Waals surface area contributed by atoms with E-state index in [1.807, 2.05) is 0 Å². The molecule has 2 aliphatic heterocycles. The first-order valence-electron chi connectivity index (χ1n) is 7.91. The normalized spacial score (nSPS) is 48.2. The van der Waals surface area contributed by atoms with Gasteiger partial charge in [0.1, 0.15) is 42.7 Å².